The summed E-state index contributed by atoms with van der Waals surface area (Å²) in [5, 5.41) is 13.0. The molecule has 1 aliphatic heterocycles. The van der Waals surface area contributed by atoms with Gasteiger partial charge in [0.1, 0.15) is 12.7 Å². The number of nitriles is 1. The Morgan fingerprint density at radius 3 is 2.85 bits per heavy atom. The van der Waals surface area contributed by atoms with E-state index in [1.165, 1.54) is 18.5 Å². The molecule has 5 nitrogen and oxygen atoms in total. The normalized spacial score (nSPS) is 18.8. The summed E-state index contributed by atoms with van der Waals surface area (Å²) in [4.78, 5) is 6.39. The monoisotopic (exact) mass is 267 g/mol. The number of aromatic nitrogens is 3. The van der Waals surface area contributed by atoms with Crippen LogP contribution in [0.15, 0.2) is 36.9 Å². The zero-order chi connectivity index (χ0) is 13.8. The Hall–Kier alpha value is -2.35. The largest absolute Gasteiger partial charge is 0.371 e. The number of nitrogens with zero attached hydrogens (tertiary/aromatic N) is 5. The fourth-order valence-corrected chi connectivity index (χ4v) is 2.79. The lowest BCUT2D eigenvalue weighted by molar-refractivity contribution is 0.351. The molecule has 0 amide bonds. The van der Waals surface area contributed by atoms with E-state index in [4.69, 9.17) is 5.26 Å². The number of anilines is 1. The van der Waals surface area contributed by atoms with Crippen molar-refractivity contribution in [3.63, 3.8) is 0 Å². The number of hydrogen-bond acceptors (Lipinski definition) is 4. The molecular weight excluding hydrogens is 250 g/mol. The third-order valence-corrected chi connectivity index (χ3v) is 3.79. The second-order valence-electron chi connectivity index (χ2n) is 5.23. The maximum atomic E-state index is 8.85. The Morgan fingerprint density at radius 2 is 2.15 bits per heavy atom. The van der Waals surface area contributed by atoms with Crippen LogP contribution in [0.1, 0.15) is 18.4 Å². The van der Waals surface area contributed by atoms with Crippen molar-refractivity contribution in [1.29, 1.82) is 5.26 Å². The van der Waals surface area contributed by atoms with Gasteiger partial charge in [-0.1, -0.05) is 0 Å². The molecule has 1 atom stereocenters. The molecule has 2 heterocycles. The highest BCUT2D eigenvalue weighted by atomic mass is 15.3. The Labute approximate surface area is 118 Å². The molecule has 1 aromatic heterocycles. The van der Waals surface area contributed by atoms with Crippen LogP contribution in [0.5, 0.6) is 0 Å². The second-order valence-corrected chi connectivity index (χ2v) is 5.23. The highest BCUT2D eigenvalue weighted by molar-refractivity contribution is 5.50. The van der Waals surface area contributed by atoms with Crippen LogP contribution >= 0.6 is 0 Å². The quantitative estimate of drug-likeness (QED) is 0.854. The summed E-state index contributed by atoms with van der Waals surface area (Å²) in [6.07, 6.45) is 5.79. The zero-order valence-electron chi connectivity index (χ0n) is 11.3. The summed E-state index contributed by atoms with van der Waals surface area (Å²) in [5.41, 5.74) is 1.91. The van der Waals surface area contributed by atoms with Gasteiger partial charge in [-0.15, -0.1) is 0 Å². The Kier molecular flexibility index (Phi) is 3.64. The fourth-order valence-electron chi connectivity index (χ4n) is 2.79. The molecule has 3 rings (SSSR count). The van der Waals surface area contributed by atoms with E-state index in [9.17, 15) is 0 Å². The maximum absolute atomic E-state index is 8.85. The minimum absolute atomic E-state index is 0.598. The molecule has 2 aromatic rings. The van der Waals surface area contributed by atoms with E-state index in [0.29, 0.717) is 11.5 Å². The molecule has 0 bridgehead atoms. The van der Waals surface area contributed by atoms with Gasteiger partial charge in [0.05, 0.1) is 11.6 Å². The van der Waals surface area contributed by atoms with Crippen LogP contribution in [-0.4, -0.2) is 27.9 Å². The molecule has 0 spiro atoms. The fraction of sp³-hybridized carbons (Fsp3) is 0.400. The predicted molar refractivity (Wildman–Crippen MR) is 76.1 cm³/mol. The van der Waals surface area contributed by atoms with Gasteiger partial charge in [0.2, 0.25) is 0 Å². The molecule has 0 saturated carbocycles. The van der Waals surface area contributed by atoms with E-state index in [1.54, 1.807) is 12.7 Å². The molecule has 1 aromatic carbocycles. The molecule has 0 radical (unpaired) electrons. The molecule has 20 heavy (non-hydrogen) atoms. The number of hydrogen-bond donors (Lipinski definition) is 0. The van der Waals surface area contributed by atoms with Crippen LogP contribution in [0.25, 0.3) is 0 Å². The summed E-state index contributed by atoms with van der Waals surface area (Å²) in [6, 6.07) is 10.0. The molecule has 1 aliphatic rings. The van der Waals surface area contributed by atoms with Crippen LogP contribution in [0.2, 0.25) is 0 Å². The van der Waals surface area contributed by atoms with Crippen LogP contribution in [0.3, 0.4) is 0 Å². The molecule has 0 aliphatic carbocycles. The highest BCUT2D eigenvalue weighted by Gasteiger charge is 2.20. The second kappa shape index (κ2) is 5.74. The molecular formula is C15H17N5. The van der Waals surface area contributed by atoms with E-state index in [1.807, 2.05) is 28.9 Å². The van der Waals surface area contributed by atoms with Crippen molar-refractivity contribution in [3.8, 4) is 6.07 Å². The van der Waals surface area contributed by atoms with Gasteiger partial charge in [-0.05, 0) is 43.0 Å². The summed E-state index contributed by atoms with van der Waals surface area (Å²) < 4.78 is 1.91. The van der Waals surface area contributed by atoms with Crippen molar-refractivity contribution < 1.29 is 0 Å². The van der Waals surface area contributed by atoms with Crippen molar-refractivity contribution in [3.05, 3.63) is 42.5 Å². The van der Waals surface area contributed by atoms with Gasteiger partial charge in [0.25, 0.3) is 0 Å². The Bertz CT molecular complexity index is 582. The van der Waals surface area contributed by atoms with E-state index >= 15 is 0 Å². The van der Waals surface area contributed by atoms with Gasteiger partial charge >= 0.3 is 0 Å². The molecule has 0 N–H and O–H groups in total. The average molecular weight is 267 g/mol. The van der Waals surface area contributed by atoms with E-state index in [0.717, 1.165) is 19.6 Å². The van der Waals surface area contributed by atoms with Gasteiger partial charge in [0.15, 0.2) is 0 Å². The summed E-state index contributed by atoms with van der Waals surface area (Å²) in [6.45, 7) is 3.04. The molecule has 1 saturated heterocycles. The van der Waals surface area contributed by atoms with Crippen LogP contribution in [0, 0.1) is 17.2 Å². The van der Waals surface area contributed by atoms with Crippen molar-refractivity contribution in [2.24, 2.45) is 5.92 Å². The van der Waals surface area contributed by atoms with Gasteiger partial charge in [0, 0.05) is 25.3 Å². The van der Waals surface area contributed by atoms with Crippen LogP contribution < -0.4 is 4.90 Å². The van der Waals surface area contributed by atoms with Crippen molar-refractivity contribution in [1.82, 2.24) is 14.8 Å². The van der Waals surface area contributed by atoms with Crippen molar-refractivity contribution >= 4 is 5.69 Å². The number of piperidine rings is 1. The lowest BCUT2D eigenvalue weighted by Gasteiger charge is -2.34. The van der Waals surface area contributed by atoms with E-state index in [-0.39, 0.29) is 0 Å². The third-order valence-electron chi connectivity index (χ3n) is 3.79. The first-order valence-corrected chi connectivity index (χ1v) is 6.92. The first-order valence-electron chi connectivity index (χ1n) is 6.92. The summed E-state index contributed by atoms with van der Waals surface area (Å²) in [5.74, 6) is 0.598. The third kappa shape index (κ3) is 2.80. The molecule has 5 heteroatoms. The van der Waals surface area contributed by atoms with Crippen LogP contribution in [0.4, 0.5) is 5.69 Å². The van der Waals surface area contributed by atoms with Crippen molar-refractivity contribution in [2.75, 3.05) is 18.0 Å². The highest BCUT2D eigenvalue weighted by Crippen LogP contribution is 2.24. The smallest absolute Gasteiger partial charge is 0.137 e. The maximum Gasteiger partial charge on any atom is 0.137 e. The SMILES string of the molecule is N#Cc1ccc(N2CCCC(Cn3cncn3)C2)cc1. The Balaban J connectivity index is 1.66. The van der Waals surface area contributed by atoms with Gasteiger partial charge in [-0.2, -0.15) is 10.4 Å². The minimum Gasteiger partial charge on any atom is -0.371 e. The lowest BCUT2D eigenvalue weighted by Crippen LogP contribution is -2.37. The van der Waals surface area contributed by atoms with Gasteiger partial charge < -0.3 is 4.90 Å². The summed E-state index contributed by atoms with van der Waals surface area (Å²) in [7, 11) is 0. The van der Waals surface area contributed by atoms with Crippen LogP contribution in [-0.2, 0) is 6.54 Å². The van der Waals surface area contributed by atoms with Gasteiger partial charge in [-0.3, -0.25) is 4.68 Å². The molecule has 1 unspecified atom stereocenters. The molecule has 1 fully saturated rings. The minimum atomic E-state index is 0.598. The topological polar surface area (TPSA) is 57.7 Å². The average Bonchev–Trinajstić information content (AvgIpc) is 3.01. The van der Waals surface area contributed by atoms with Gasteiger partial charge in [-0.25, -0.2) is 4.98 Å². The standard InChI is InChI=1S/C15H17N5/c16-8-13-3-5-15(6-4-13)19-7-1-2-14(9-19)10-20-12-17-11-18-20/h3-6,11-12,14H,1-2,7,9-10H2. The lowest BCUT2D eigenvalue weighted by atomic mass is 9.97. The zero-order valence-corrected chi connectivity index (χ0v) is 11.3. The number of benzene rings is 1. The first-order chi connectivity index (χ1) is 9.85. The predicted octanol–water partition coefficient (Wildman–Crippen LogP) is 2.07. The Morgan fingerprint density at radius 1 is 1.30 bits per heavy atom. The number of rotatable bonds is 3. The first kappa shape index (κ1) is 12.7. The van der Waals surface area contributed by atoms with Crippen molar-refractivity contribution in [2.45, 2.75) is 19.4 Å². The molecule has 102 valence electrons. The van der Waals surface area contributed by atoms with E-state index in [2.05, 4.69) is 21.1 Å². The summed E-state index contributed by atoms with van der Waals surface area (Å²) >= 11 is 0. The van der Waals surface area contributed by atoms with E-state index < -0.39 is 0 Å².